The first-order valence-corrected chi connectivity index (χ1v) is 20.5. The summed E-state index contributed by atoms with van der Waals surface area (Å²) in [6, 6.07) is 17.5. The summed E-state index contributed by atoms with van der Waals surface area (Å²) in [5, 5.41) is 4.91. The van der Waals surface area contributed by atoms with Gasteiger partial charge in [-0.2, -0.15) is 4.91 Å². The van der Waals surface area contributed by atoms with Crippen LogP contribution >= 0.6 is 0 Å². The number of nitroso groups, excluding NO2 is 1. The maximum atomic E-state index is 12.9. The molecular weight excluding hydrogens is 659 g/mol. The molecule has 292 valence electrons. The molecule has 0 radical (unpaired) electrons. The number of unbranched alkanes of at least 4 members (excludes halogenated alkanes) is 3. The minimum atomic E-state index is 0.192. The van der Waals surface area contributed by atoms with Gasteiger partial charge < -0.3 is 19.8 Å². The molecule has 0 fully saturated rings. The van der Waals surface area contributed by atoms with Crippen molar-refractivity contribution in [3.8, 4) is 0 Å². The third-order valence-corrected chi connectivity index (χ3v) is 10.2. The smallest absolute Gasteiger partial charge is 0.223 e. The molecule has 0 saturated carbocycles. The third-order valence-electron chi connectivity index (χ3n) is 10.2. The quantitative estimate of drug-likeness (QED) is 0.119. The molecule has 2 aromatic carbocycles. The Balaban J connectivity index is 0.000000255. The number of benzene rings is 2. The predicted octanol–water partition coefficient (Wildman–Crippen LogP) is 11.7. The van der Waals surface area contributed by atoms with Crippen molar-refractivity contribution < 1.29 is 9.59 Å². The lowest BCUT2D eigenvalue weighted by molar-refractivity contribution is -0.136. The standard InChI is InChI=1S/C22H32N2O.C20H28N2O.C2H6.CH3NO/c1-4-5-6-7-12-21(25)24-14-13-18-17-10-8-9-11-19(17)23-22(18)20(24)15-16(2)3;1-13(2)11-18-20-16(15-7-5-6-8-17(15)21-20)9-10-22(18)19(23)12-14(3)4;1-2;1-2-3/h8-11,16,20,23H,4-7,12-15H2,1-3H3;5-8,13-14,18,21H,9-12H2,1-4H3;1-2H3;1H3. The fourth-order valence-electron chi connectivity index (χ4n) is 7.93. The van der Waals surface area contributed by atoms with E-state index in [1.165, 1.54) is 70.6 Å². The lowest BCUT2D eigenvalue weighted by Gasteiger charge is -2.37. The Morgan fingerprint density at radius 3 is 1.55 bits per heavy atom. The Morgan fingerprint density at radius 1 is 0.698 bits per heavy atom. The molecule has 0 spiro atoms. The van der Waals surface area contributed by atoms with Crippen LogP contribution in [0.1, 0.15) is 148 Å². The molecular formula is C45H69N5O3. The zero-order chi connectivity index (χ0) is 39.1. The summed E-state index contributed by atoms with van der Waals surface area (Å²) in [5.41, 5.74) is 7.80. The number of hydrogen-bond donors (Lipinski definition) is 2. The van der Waals surface area contributed by atoms with Crippen molar-refractivity contribution in [2.45, 2.75) is 139 Å². The number of nitrogens with one attached hydrogen (secondary N) is 2. The van der Waals surface area contributed by atoms with Gasteiger partial charge in [0, 0.05) is 59.1 Å². The Labute approximate surface area is 319 Å². The van der Waals surface area contributed by atoms with Gasteiger partial charge in [-0.3, -0.25) is 9.59 Å². The van der Waals surface area contributed by atoms with Crippen molar-refractivity contribution in [1.82, 2.24) is 19.8 Å². The molecule has 0 saturated heterocycles. The Bertz CT molecular complexity index is 1720. The average molecular weight is 728 g/mol. The fraction of sp³-hybridized carbons (Fsp3) is 0.600. The second kappa shape index (κ2) is 21.7. The topological polar surface area (TPSA) is 102 Å². The minimum Gasteiger partial charge on any atom is -0.356 e. The second-order valence-corrected chi connectivity index (χ2v) is 15.7. The Morgan fingerprint density at radius 2 is 1.13 bits per heavy atom. The van der Waals surface area contributed by atoms with Gasteiger partial charge in [0.1, 0.15) is 0 Å². The summed E-state index contributed by atoms with van der Waals surface area (Å²) in [5.74, 6) is 2.18. The number of hydrogen-bond acceptors (Lipinski definition) is 4. The van der Waals surface area contributed by atoms with Crippen LogP contribution in [0.4, 0.5) is 0 Å². The van der Waals surface area contributed by atoms with Crippen molar-refractivity contribution in [1.29, 1.82) is 0 Å². The van der Waals surface area contributed by atoms with E-state index in [0.29, 0.717) is 42.4 Å². The van der Waals surface area contributed by atoms with E-state index in [2.05, 4.69) is 122 Å². The van der Waals surface area contributed by atoms with Gasteiger partial charge in [0.25, 0.3) is 0 Å². The maximum absolute atomic E-state index is 12.9. The van der Waals surface area contributed by atoms with Gasteiger partial charge in [-0.05, 0) is 73.1 Å². The molecule has 0 bridgehead atoms. The number of para-hydroxylation sites is 2. The number of nitrogens with zero attached hydrogens (tertiary/aromatic N) is 3. The third kappa shape index (κ3) is 11.5. The van der Waals surface area contributed by atoms with Crippen molar-refractivity contribution in [2.24, 2.45) is 22.9 Å². The van der Waals surface area contributed by atoms with Crippen LogP contribution in [0, 0.1) is 22.7 Å². The molecule has 8 nitrogen and oxygen atoms in total. The number of H-pyrrole nitrogens is 2. The summed E-state index contributed by atoms with van der Waals surface area (Å²) < 4.78 is 0. The summed E-state index contributed by atoms with van der Waals surface area (Å²) in [7, 11) is 1.19. The average Bonchev–Trinajstić information content (AvgIpc) is 3.70. The van der Waals surface area contributed by atoms with E-state index in [1.54, 1.807) is 0 Å². The van der Waals surface area contributed by atoms with Crippen LogP contribution < -0.4 is 0 Å². The highest BCUT2D eigenvalue weighted by molar-refractivity contribution is 5.87. The molecule has 4 heterocycles. The van der Waals surface area contributed by atoms with E-state index < -0.39 is 0 Å². The van der Waals surface area contributed by atoms with Crippen molar-refractivity contribution in [3.63, 3.8) is 0 Å². The van der Waals surface area contributed by atoms with E-state index in [1.807, 2.05) is 13.8 Å². The van der Waals surface area contributed by atoms with Gasteiger partial charge in [0.05, 0.1) is 19.1 Å². The summed E-state index contributed by atoms with van der Waals surface area (Å²) in [6.45, 7) is 21.1. The normalized spacial score (nSPS) is 16.3. The minimum absolute atomic E-state index is 0.192. The molecule has 8 heteroatoms. The Hall–Kier alpha value is -3.94. The summed E-state index contributed by atoms with van der Waals surface area (Å²) in [4.78, 5) is 45.7. The molecule has 0 aliphatic carbocycles. The number of rotatable bonds is 11. The van der Waals surface area contributed by atoms with Gasteiger partial charge >= 0.3 is 0 Å². The molecule has 2 aliphatic heterocycles. The molecule has 2 aromatic heterocycles. The number of fused-ring (bicyclic) bond motifs is 6. The lowest BCUT2D eigenvalue weighted by Crippen LogP contribution is -2.41. The van der Waals surface area contributed by atoms with E-state index in [9.17, 15) is 9.59 Å². The van der Waals surface area contributed by atoms with Crippen molar-refractivity contribution >= 4 is 33.6 Å². The number of aromatic amines is 2. The second-order valence-electron chi connectivity index (χ2n) is 15.7. The van der Waals surface area contributed by atoms with Crippen LogP contribution in [-0.2, 0) is 22.4 Å². The number of carbonyl (C=O) groups is 2. The van der Waals surface area contributed by atoms with Gasteiger partial charge in [-0.15, -0.1) is 0 Å². The summed E-state index contributed by atoms with van der Waals surface area (Å²) in [6.07, 6.45) is 9.95. The van der Waals surface area contributed by atoms with Crippen molar-refractivity contribution in [2.75, 3.05) is 20.1 Å². The predicted molar refractivity (Wildman–Crippen MR) is 223 cm³/mol. The molecule has 2 aliphatic rings. The number of amides is 2. The maximum Gasteiger partial charge on any atom is 0.223 e. The molecule has 53 heavy (non-hydrogen) atoms. The summed E-state index contributed by atoms with van der Waals surface area (Å²) >= 11 is 0. The molecule has 2 atom stereocenters. The zero-order valence-corrected chi connectivity index (χ0v) is 34.6. The molecule has 2 amide bonds. The largest absolute Gasteiger partial charge is 0.356 e. The monoisotopic (exact) mass is 728 g/mol. The van der Waals surface area contributed by atoms with Crippen LogP contribution in [0.2, 0.25) is 0 Å². The van der Waals surface area contributed by atoms with Crippen LogP contribution in [0.3, 0.4) is 0 Å². The molecule has 2 unspecified atom stereocenters. The van der Waals surface area contributed by atoms with Crippen LogP contribution in [0.25, 0.3) is 21.8 Å². The first-order chi connectivity index (χ1) is 25.5. The van der Waals surface area contributed by atoms with E-state index in [4.69, 9.17) is 4.91 Å². The lowest BCUT2D eigenvalue weighted by atomic mass is 9.91. The van der Waals surface area contributed by atoms with Crippen LogP contribution in [0.15, 0.2) is 53.7 Å². The van der Waals surface area contributed by atoms with E-state index in [-0.39, 0.29) is 12.1 Å². The van der Waals surface area contributed by atoms with Gasteiger partial charge in [0.2, 0.25) is 11.8 Å². The highest BCUT2D eigenvalue weighted by Gasteiger charge is 2.34. The zero-order valence-electron chi connectivity index (χ0n) is 34.6. The fourth-order valence-corrected chi connectivity index (χ4v) is 7.93. The molecule has 4 aromatic rings. The first-order valence-electron chi connectivity index (χ1n) is 20.5. The SMILES string of the molecule is CC.CC(C)CC(=O)N1CCc2c([nH]c3ccccc23)C1CC(C)C.CCCCCCC(=O)N1CCc2c([nH]c3ccccc23)C1CC(C)C.CN=O. The number of carbonyl (C=O) groups excluding carboxylic acids is 2. The van der Waals surface area contributed by atoms with Crippen LogP contribution in [-0.4, -0.2) is 51.7 Å². The van der Waals surface area contributed by atoms with Gasteiger partial charge in [-0.1, -0.05) is 123 Å². The first kappa shape index (κ1) is 43.5. The molecule has 6 rings (SSSR count). The van der Waals surface area contributed by atoms with Crippen molar-refractivity contribution in [3.05, 3.63) is 76.0 Å². The number of aromatic nitrogens is 2. The Kier molecular flexibility index (Phi) is 17.8. The van der Waals surface area contributed by atoms with E-state index in [0.717, 1.165) is 45.2 Å². The van der Waals surface area contributed by atoms with Crippen LogP contribution in [0.5, 0.6) is 0 Å². The highest BCUT2D eigenvalue weighted by Crippen LogP contribution is 2.39. The van der Waals surface area contributed by atoms with Gasteiger partial charge in [-0.25, -0.2) is 0 Å². The highest BCUT2D eigenvalue weighted by atomic mass is 16.2. The molecule has 2 N–H and O–H groups in total. The van der Waals surface area contributed by atoms with Gasteiger partial charge in [0.15, 0.2) is 0 Å². The van der Waals surface area contributed by atoms with E-state index >= 15 is 0 Å².